The Kier molecular flexibility index (Phi) is 8.26. The molecule has 0 radical (unpaired) electrons. The monoisotopic (exact) mass is 362 g/mol. The van der Waals surface area contributed by atoms with Gasteiger partial charge in [0.25, 0.3) is 5.91 Å². The maximum absolute atomic E-state index is 12.0. The zero-order valence-corrected chi connectivity index (χ0v) is 14.9. The molecule has 1 aromatic carbocycles. The Bertz CT molecular complexity index is 619. The second-order valence-electron chi connectivity index (χ2n) is 5.71. The van der Waals surface area contributed by atoms with Gasteiger partial charge in [0.2, 0.25) is 0 Å². The summed E-state index contributed by atoms with van der Waals surface area (Å²) in [5.74, 6) is -0.352. The molecule has 6 nitrogen and oxygen atoms in total. The summed E-state index contributed by atoms with van der Waals surface area (Å²) in [6, 6.07) is 9.53. The smallest absolute Gasteiger partial charge is 0.263 e. The van der Waals surface area contributed by atoms with E-state index in [4.69, 9.17) is 21.6 Å². The van der Waals surface area contributed by atoms with Crippen molar-refractivity contribution < 1.29 is 9.53 Å². The largest absolute Gasteiger partial charge is 0.389 e. The number of ether oxygens (including phenoxy) is 1. The van der Waals surface area contributed by atoms with Crippen molar-refractivity contribution >= 4 is 17.5 Å². The zero-order valence-electron chi connectivity index (χ0n) is 14.1. The van der Waals surface area contributed by atoms with Crippen LogP contribution in [0.15, 0.2) is 36.0 Å². The first-order chi connectivity index (χ1) is 12.2. The molecular formula is C18H23ClN4O2. The molecule has 134 valence electrons. The molecule has 2 N–H and O–H groups in total. The van der Waals surface area contributed by atoms with E-state index in [1.54, 1.807) is 0 Å². The summed E-state index contributed by atoms with van der Waals surface area (Å²) in [5, 5.41) is 15.6. The molecule has 1 heterocycles. The number of halogens is 1. The summed E-state index contributed by atoms with van der Waals surface area (Å²) in [6.07, 6.45) is 2.25. The number of nitrogens with one attached hydrogen (secondary N) is 2. The maximum Gasteiger partial charge on any atom is 0.263 e. The minimum absolute atomic E-state index is 0.0816. The molecule has 0 aromatic heterocycles. The van der Waals surface area contributed by atoms with Crippen LogP contribution in [0.1, 0.15) is 5.56 Å². The minimum Gasteiger partial charge on any atom is -0.389 e. The molecule has 1 aliphatic heterocycles. The van der Waals surface area contributed by atoms with Crippen LogP contribution in [0.3, 0.4) is 0 Å². The summed E-state index contributed by atoms with van der Waals surface area (Å²) < 4.78 is 5.28. The van der Waals surface area contributed by atoms with E-state index in [0.717, 1.165) is 44.8 Å². The van der Waals surface area contributed by atoms with Crippen molar-refractivity contribution in [2.45, 2.75) is 6.42 Å². The SMILES string of the molecule is N#C/C(=C/NCCc1ccc(Cl)cc1)C(=O)NCCN1CCOCC1. The Morgan fingerprint density at radius 2 is 2.00 bits per heavy atom. The summed E-state index contributed by atoms with van der Waals surface area (Å²) in [7, 11) is 0. The van der Waals surface area contributed by atoms with Gasteiger partial charge in [-0.15, -0.1) is 0 Å². The topological polar surface area (TPSA) is 77.4 Å². The van der Waals surface area contributed by atoms with E-state index in [1.165, 1.54) is 6.20 Å². The lowest BCUT2D eigenvalue weighted by Crippen LogP contribution is -2.41. The zero-order chi connectivity index (χ0) is 17.9. The number of nitriles is 1. The van der Waals surface area contributed by atoms with E-state index >= 15 is 0 Å². The number of hydrogen-bond donors (Lipinski definition) is 2. The summed E-state index contributed by atoms with van der Waals surface area (Å²) in [5.41, 5.74) is 1.22. The number of benzene rings is 1. The van der Waals surface area contributed by atoms with E-state index in [2.05, 4.69) is 15.5 Å². The van der Waals surface area contributed by atoms with Gasteiger partial charge < -0.3 is 15.4 Å². The Hall–Kier alpha value is -2.07. The number of amides is 1. The van der Waals surface area contributed by atoms with Crippen LogP contribution in [0.4, 0.5) is 0 Å². The van der Waals surface area contributed by atoms with Crippen molar-refractivity contribution in [2.75, 3.05) is 45.9 Å². The summed E-state index contributed by atoms with van der Waals surface area (Å²) in [4.78, 5) is 14.2. The maximum atomic E-state index is 12.0. The second-order valence-corrected chi connectivity index (χ2v) is 6.15. The van der Waals surface area contributed by atoms with E-state index in [0.29, 0.717) is 18.1 Å². The first-order valence-corrected chi connectivity index (χ1v) is 8.73. The summed E-state index contributed by atoms with van der Waals surface area (Å²) >= 11 is 5.84. The first kappa shape index (κ1) is 19.3. The Labute approximate surface area is 153 Å². The van der Waals surface area contributed by atoms with Crippen molar-refractivity contribution in [1.29, 1.82) is 5.26 Å². The predicted molar refractivity (Wildman–Crippen MR) is 97.1 cm³/mol. The fraction of sp³-hybridized carbons (Fsp3) is 0.444. The molecular weight excluding hydrogens is 340 g/mol. The Morgan fingerprint density at radius 1 is 1.28 bits per heavy atom. The normalized spacial score (nSPS) is 15.4. The molecule has 0 atom stereocenters. The van der Waals surface area contributed by atoms with Gasteiger partial charge in [0.1, 0.15) is 11.6 Å². The van der Waals surface area contributed by atoms with Crippen molar-refractivity contribution in [1.82, 2.24) is 15.5 Å². The van der Waals surface area contributed by atoms with E-state index in [9.17, 15) is 4.79 Å². The highest BCUT2D eigenvalue weighted by Gasteiger charge is 2.12. The van der Waals surface area contributed by atoms with Crippen molar-refractivity contribution in [2.24, 2.45) is 0 Å². The Balaban J connectivity index is 1.68. The molecule has 1 aliphatic rings. The van der Waals surface area contributed by atoms with Gasteiger partial charge in [0, 0.05) is 43.9 Å². The van der Waals surface area contributed by atoms with Gasteiger partial charge in [-0.25, -0.2) is 0 Å². The van der Waals surface area contributed by atoms with E-state index in [-0.39, 0.29) is 11.5 Å². The molecule has 1 amide bonds. The number of hydrogen-bond acceptors (Lipinski definition) is 5. The molecule has 0 saturated carbocycles. The van der Waals surface area contributed by atoms with Gasteiger partial charge in [-0.1, -0.05) is 23.7 Å². The number of morpholine rings is 1. The van der Waals surface area contributed by atoms with Crippen molar-refractivity contribution in [3.63, 3.8) is 0 Å². The average molecular weight is 363 g/mol. The highest BCUT2D eigenvalue weighted by atomic mass is 35.5. The third-order valence-corrected chi connectivity index (χ3v) is 4.15. The number of carbonyl (C=O) groups is 1. The predicted octanol–water partition coefficient (Wildman–Crippen LogP) is 1.33. The van der Waals surface area contributed by atoms with Crippen LogP contribution in [0.5, 0.6) is 0 Å². The molecule has 1 saturated heterocycles. The third-order valence-electron chi connectivity index (χ3n) is 3.90. The number of carbonyl (C=O) groups excluding carboxylic acids is 1. The fourth-order valence-electron chi connectivity index (χ4n) is 2.44. The van der Waals surface area contributed by atoms with Crippen LogP contribution in [0, 0.1) is 11.3 Å². The van der Waals surface area contributed by atoms with E-state index < -0.39 is 0 Å². The Morgan fingerprint density at radius 3 is 2.68 bits per heavy atom. The molecule has 0 spiro atoms. The minimum atomic E-state index is -0.352. The molecule has 0 aliphatic carbocycles. The molecule has 2 rings (SSSR count). The lowest BCUT2D eigenvalue weighted by Gasteiger charge is -2.26. The third kappa shape index (κ3) is 7.14. The van der Waals surface area contributed by atoms with Crippen LogP contribution in [0.2, 0.25) is 5.02 Å². The molecule has 1 fully saturated rings. The molecule has 0 unspecified atom stereocenters. The molecule has 25 heavy (non-hydrogen) atoms. The van der Waals surface area contributed by atoms with Gasteiger partial charge in [-0.05, 0) is 24.1 Å². The number of rotatable bonds is 8. The van der Waals surface area contributed by atoms with Gasteiger partial charge in [-0.2, -0.15) is 5.26 Å². The van der Waals surface area contributed by atoms with Crippen molar-refractivity contribution in [3.8, 4) is 6.07 Å². The highest BCUT2D eigenvalue weighted by Crippen LogP contribution is 2.09. The van der Waals surface area contributed by atoms with Crippen LogP contribution in [-0.2, 0) is 16.0 Å². The van der Waals surface area contributed by atoms with Crippen LogP contribution < -0.4 is 10.6 Å². The quantitative estimate of drug-likeness (QED) is 0.414. The standard InChI is InChI=1S/C18H23ClN4O2/c19-17-3-1-15(2-4-17)5-6-21-14-16(13-20)18(24)22-7-8-23-9-11-25-12-10-23/h1-4,14,21H,5-12H2,(H,22,24)/b16-14-. The fourth-order valence-corrected chi connectivity index (χ4v) is 2.56. The molecule has 1 aromatic rings. The highest BCUT2D eigenvalue weighted by molar-refractivity contribution is 6.30. The lowest BCUT2D eigenvalue weighted by atomic mass is 10.1. The average Bonchev–Trinajstić information content (AvgIpc) is 2.64. The second kappa shape index (κ2) is 10.7. The van der Waals surface area contributed by atoms with Gasteiger partial charge in [-0.3, -0.25) is 9.69 Å². The van der Waals surface area contributed by atoms with Crippen LogP contribution in [0.25, 0.3) is 0 Å². The van der Waals surface area contributed by atoms with Gasteiger partial charge in [0.15, 0.2) is 0 Å². The van der Waals surface area contributed by atoms with Gasteiger partial charge in [0.05, 0.1) is 13.2 Å². The lowest BCUT2D eigenvalue weighted by molar-refractivity contribution is -0.117. The molecule has 7 heteroatoms. The van der Waals surface area contributed by atoms with Crippen LogP contribution >= 0.6 is 11.6 Å². The van der Waals surface area contributed by atoms with Crippen molar-refractivity contribution in [3.05, 3.63) is 46.6 Å². The van der Waals surface area contributed by atoms with Gasteiger partial charge >= 0.3 is 0 Å². The van der Waals surface area contributed by atoms with Crippen LogP contribution in [-0.4, -0.2) is 56.7 Å². The van der Waals surface area contributed by atoms with E-state index in [1.807, 2.05) is 30.3 Å². The summed E-state index contributed by atoms with van der Waals surface area (Å²) in [6.45, 7) is 5.13. The molecule has 0 bridgehead atoms. The first-order valence-electron chi connectivity index (χ1n) is 8.35. The number of nitrogens with zero attached hydrogens (tertiary/aromatic N) is 2.